The van der Waals surface area contributed by atoms with E-state index < -0.39 is 0 Å². The monoisotopic (exact) mass is 211 g/mol. The number of nitrogens with zero attached hydrogens (tertiary/aromatic N) is 1. The Morgan fingerprint density at radius 1 is 1.43 bits per heavy atom. The van der Waals surface area contributed by atoms with Gasteiger partial charge in [-0.3, -0.25) is 5.10 Å². The summed E-state index contributed by atoms with van der Waals surface area (Å²) in [7, 11) is 0. The maximum atomic E-state index is 12.9. The average molecular weight is 212 g/mol. The number of hydrogen-bond acceptors (Lipinski definition) is 2. The zero-order valence-corrected chi connectivity index (χ0v) is 7.85. The number of nitrogen functional groups attached to an aromatic ring is 1. The van der Waals surface area contributed by atoms with E-state index in [2.05, 4.69) is 10.2 Å². The van der Waals surface area contributed by atoms with Gasteiger partial charge in [0.05, 0.1) is 5.69 Å². The van der Waals surface area contributed by atoms with Gasteiger partial charge in [0.15, 0.2) is 0 Å². The van der Waals surface area contributed by atoms with E-state index in [4.69, 9.17) is 17.3 Å². The molecule has 0 aliphatic heterocycles. The fraction of sp³-hybridized carbons (Fsp3) is 0. The molecule has 0 saturated carbocycles. The minimum atomic E-state index is -0.332. The second kappa shape index (κ2) is 3.31. The summed E-state index contributed by atoms with van der Waals surface area (Å²) < 4.78 is 12.9. The second-order valence-electron chi connectivity index (χ2n) is 2.81. The molecule has 0 aliphatic carbocycles. The lowest BCUT2D eigenvalue weighted by Gasteiger charge is -1.97. The van der Waals surface area contributed by atoms with Gasteiger partial charge in [-0.05, 0) is 12.1 Å². The van der Waals surface area contributed by atoms with Gasteiger partial charge in [-0.25, -0.2) is 4.39 Å². The van der Waals surface area contributed by atoms with E-state index in [0.29, 0.717) is 16.9 Å². The normalized spacial score (nSPS) is 10.4. The first-order valence-electron chi connectivity index (χ1n) is 3.94. The van der Waals surface area contributed by atoms with E-state index in [0.717, 1.165) is 0 Å². The fourth-order valence-electron chi connectivity index (χ4n) is 1.19. The third-order valence-electron chi connectivity index (χ3n) is 1.86. The van der Waals surface area contributed by atoms with Crippen LogP contribution in [0, 0.1) is 5.82 Å². The molecule has 1 aromatic carbocycles. The molecule has 0 aliphatic rings. The third kappa shape index (κ3) is 1.44. The summed E-state index contributed by atoms with van der Waals surface area (Å²) in [6.45, 7) is 0. The molecule has 1 heterocycles. The number of nitrogens with one attached hydrogen (secondary N) is 1. The Hall–Kier alpha value is -1.55. The minimum absolute atomic E-state index is 0.268. The van der Waals surface area contributed by atoms with Crippen LogP contribution in [0.25, 0.3) is 11.3 Å². The molecule has 14 heavy (non-hydrogen) atoms. The summed E-state index contributed by atoms with van der Waals surface area (Å²) in [5, 5.41) is 6.67. The predicted molar refractivity (Wildman–Crippen MR) is 53.4 cm³/mol. The lowest BCUT2D eigenvalue weighted by atomic mass is 10.1. The van der Waals surface area contributed by atoms with Gasteiger partial charge in [0.2, 0.25) is 0 Å². The Bertz CT molecular complexity index is 467. The zero-order valence-electron chi connectivity index (χ0n) is 7.09. The Kier molecular flexibility index (Phi) is 2.13. The van der Waals surface area contributed by atoms with Gasteiger partial charge in [-0.1, -0.05) is 23.7 Å². The number of rotatable bonds is 1. The molecule has 0 unspecified atom stereocenters. The minimum Gasteiger partial charge on any atom is -0.394 e. The molecule has 3 N–H and O–H groups in total. The van der Waals surface area contributed by atoms with Gasteiger partial charge in [-0.15, -0.1) is 0 Å². The molecule has 0 spiro atoms. The van der Waals surface area contributed by atoms with Crippen LogP contribution in [0.15, 0.2) is 24.3 Å². The van der Waals surface area contributed by atoms with Crippen molar-refractivity contribution in [2.24, 2.45) is 0 Å². The number of H-pyrrole nitrogens is 1. The molecule has 1 aromatic heterocycles. The Balaban J connectivity index is 2.55. The van der Waals surface area contributed by atoms with Crippen molar-refractivity contribution in [2.45, 2.75) is 0 Å². The number of nitrogens with two attached hydrogens (primary N) is 1. The first kappa shape index (κ1) is 9.02. The molecule has 0 atom stereocenters. The highest BCUT2D eigenvalue weighted by Crippen LogP contribution is 2.28. The van der Waals surface area contributed by atoms with Crippen molar-refractivity contribution >= 4 is 17.3 Å². The SMILES string of the molecule is Nc1c(-c2cccc(F)c2)n[nH]c1Cl. The van der Waals surface area contributed by atoms with E-state index in [9.17, 15) is 4.39 Å². The first-order valence-corrected chi connectivity index (χ1v) is 4.31. The highest BCUT2D eigenvalue weighted by Gasteiger charge is 2.10. The van der Waals surface area contributed by atoms with Crippen LogP contribution < -0.4 is 5.73 Å². The molecule has 5 heteroatoms. The van der Waals surface area contributed by atoms with Crippen LogP contribution in [-0.2, 0) is 0 Å². The second-order valence-corrected chi connectivity index (χ2v) is 3.19. The topological polar surface area (TPSA) is 54.7 Å². The number of aromatic amines is 1. The van der Waals surface area contributed by atoms with Crippen LogP contribution in [0.2, 0.25) is 5.15 Å². The molecule has 0 saturated heterocycles. The summed E-state index contributed by atoms with van der Waals surface area (Å²) in [6.07, 6.45) is 0. The van der Waals surface area contributed by atoms with Crippen molar-refractivity contribution in [2.75, 3.05) is 5.73 Å². The van der Waals surface area contributed by atoms with Crippen LogP contribution >= 0.6 is 11.6 Å². The van der Waals surface area contributed by atoms with E-state index in [1.165, 1.54) is 12.1 Å². The fourth-order valence-corrected chi connectivity index (χ4v) is 1.32. The molecule has 3 nitrogen and oxygen atoms in total. The lowest BCUT2D eigenvalue weighted by molar-refractivity contribution is 0.628. The van der Waals surface area contributed by atoms with Crippen LogP contribution in [0.5, 0.6) is 0 Å². The van der Waals surface area contributed by atoms with Crippen molar-refractivity contribution in [1.29, 1.82) is 0 Å². The van der Waals surface area contributed by atoms with Crippen LogP contribution in [0.4, 0.5) is 10.1 Å². The standard InChI is InChI=1S/C9H7ClFN3/c10-9-7(12)8(13-14-9)5-2-1-3-6(11)4-5/h1-4H,12H2,(H,13,14). The highest BCUT2D eigenvalue weighted by atomic mass is 35.5. The van der Waals surface area contributed by atoms with E-state index in [1.807, 2.05) is 0 Å². The van der Waals surface area contributed by atoms with Gasteiger partial charge >= 0.3 is 0 Å². The molecular formula is C9H7ClFN3. The molecule has 2 aromatic rings. The van der Waals surface area contributed by atoms with Gasteiger partial charge in [0.1, 0.15) is 16.7 Å². The zero-order chi connectivity index (χ0) is 10.1. The number of benzene rings is 1. The molecule has 0 radical (unpaired) electrons. The Labute approximate surface area is 84.7 Å². The van der Waals surface area contributed by atoms with Gasteiger partial charge in [0, 0.05) is 5.56 Å². The lowest BCUT2D eigenvalue weighted by Crippen LogP contribution is -1.87. The maximum absolute atomic E-state index is 12.9. The number of aromatic nitrogens is 2. The van der Waals surface area contributed by atoms with Crippen molar-refractivity contribution in [3.05, 3.63) is 35.2 Å². The van der Waals surface area contributed by atoms with E-state index in [1.54, 1.807) is 12.1 Å². The van der Waals surface area contributed by atoms with E-state index in [-0.39, 0.29) is 11.0 Å². The average Bonchev–Trinajstić information content (AvgIpc) is 2.48. The smallest absolute Gasteiger partial charge is 0.148 e. The van der Waals surface area contributed by atoms with Gasteiger partial charge in [-0.2, -0.15) is 5.10 Å². The number of halogens is 2. The van der Waals surface area contributed by atoms with Gasteiger partial charge in [0.25, 0.3) is 0 Å². The molecule has 72 valence electrons. The van der Waals surface area contributed by atoms with Crippen molar-refractivity contribution in [3.8, 4) is 11.3 Å². The summed E-state index contributed by atoms with van der Waals surface area (Å²) in [5.41, 5.74) is 7.04. The number of anilines is 1. The summed E-state index contributed by atoms with van der Waals surface area (Å²) in [5.74, 6) is -0.332. The summed E-state index contributed by atoms with van der Waals surface area (Å²) in [6, 6.07) is 6.01. The molecule has 2 rings (SSSR count). The molecule has 0 fully saturated rings. The van der Waals surface area contributed by atoms with Crippen LogP contribution in [0.3, 0.4) is 0 Å². The summed E-state index contributed by atoms with van der Waals surface area (Å²) in [4.78, 5) is 0. The Morgan fingerprint density at radius 2 is 2.21 bits per heavy atom. The highest BCUT2D eigenvalue weighted by molar-refractivity contribution is 6.32. The van der Waals surface area contributed by atoms with Gasteiger partial charge < -0.3 is 5.73 Å². The molecule has 0 amide bonds. The number of hydrogen-bond donors (Lipinski definition) is 2. The maximum Gasteiger partial charge on any atom is 0.148 e. The quantitative estimate of drug-likeness (QED) is 0.761. The molecular weight excluding hydrogens is 205 g/mol. The van der Waals surface area contributed by atoms with Crippen molar-refractivity contribution in [3.63, 3.8) is 0 Å². The largest absolute Gasteiger partial charge is 0.394 e. The third-order valence-corrected chi connectivity index (χ3v) is 2.14. The van der Waals surface area contributed by atoms with E-state index >= 15 is 0 Å². The van der Waals surface area contributed by atoms with Crippen molar-refractivity contribution in [1.82, 2.24) is 10.2 Å². The first-order chi connectivity index (χ1) is 6.68. The van der Waals surface area contributed by atoms with Crippen LogP contribution in [-0.4, -0.2) is 10.2 Å². The predicted octanol–water partition coefficient (Wildman–Crippen LogP) is 2.45. The van der Waals surface area contributed by atoms with Crippen LogP contribution in [0.1, 0.15) is 0 Å². The summed E-state index contributed by atoms with van der Waals surface area (Å²) >= 11 is 5.68. The Morgan fingerprint density at radius 3 is 2.79 bits per heavy atom. The molecule has 0 bridgehead atoms. The van der Waals surface area contributed by atoms with Crippen molar-refractivity contribution < 1.29 is 4.39 Å².